The molecule has 9 heteroatoms. The van der Waals surface area contributed by atoms with E-state index in [4.69, 9.17) is 27.9 Å². The van der Waals surface area contributed by atoms with Crippen LogP contribution in [0.3, 0.4) is 0 Å². The lowest BCUT2D eigenvalue weighted by Crippen LogP contribution is -2.14. The van der Waals surface area contributed by atoms with Gasteiger partial charge in [-0.1, -0.05) is 59.6 Å². The Kier molecular flexibility index (Phi) is 8.03. The third-order valence-electron chi connectivity index (χ3n) is 5.08. The lowest BCUT2D eigenvalue weighted by atomic mass is 10.2. The molecule has 0 bridgehead atoms. The van der Waals surface area contributed by atoms with Crippen LogP contribution in [0.25, 0.3) is 6.08 Å². The summed E-state index contributed by atoms with van der Waals surface area (Å²) >= 11 is 11.9. The zero-order valence-corrected chi connectivity index (χ0v) is 20.4. The minimum Gasteiger partial charge on any atom is -0.497 e. The highest BCUT2D eigenvalue weighted by Gasteiger charge is 2.14. The second-order valence-corrected chi connectivity index (χ2v) is 8.45. The predicted molar refractivity (Wildman–Crippen MR) is 140 cm³/mol. The summed E-state index contributed by atoms with van der Waals surface area (Å²) in [5.41, 5.74) is 2.85. The summed E-state index contributed by atoms with van der Waals surface area (Å²) in [7, 11) is 1.61. The van der Waals surface area contributed by atoms with Crippen LogP contribution in [-0.2, 0) is 13.1 Å². The fourth-order valence-corrected chi connectivity index (χ4v) is 3.43. The zero-order valence-electron chi connectivity index (χ0n) is 18.9. The van der Waals surface area contributed by atoms with Gasteiger partial charge in [0.1, 0.15) is 5.75 Å². The molecule has 0 spiro atoms. The number of hydrogen-bond acceptors (Lipinski definition) is 6. The van der Waals surface area contributed by atoms with Crippen molar-refractivity contribution in [2.24, 2.45) is 0 Å². The van der Waals surface area contributed by atoms with Crippen LogP contribution in [0.15, 0.2) is 78.9 Å². The summed E-state index contributed by atoms with van der Waals surface area (Å²) in [5, 5.41) is 12.0. The van der Waals surface area contributed by atoms with Gasteiger partial charge in [0, 0.05) is 29.2 Å². The molecule has 178 valence electrons. The number of halogens is 2. The SMILES string of the molecule is COc1ccc(C=CC(=O)n2nc(NCc3ccc(Cl)cc3)nc2NCc2ccc(Cl)cc2)cc1. The quantitative estimate of drug-likeness (QED) is 0.263. The molecule has 0 radical (unpaired) electrons. The summed E-state index contributed by atoms with van der Waals surface area (Å²) < 4.78 is 6.41. The van der Waals surface area contributed by atoms with Crippen LogP contribution in [0.1, 0.15) is 21.5 Å². The van der Waals surface area contributed by atoms with Crippen LogP contribution in [0.2, 0.25) is 10.0 Å². The Bertz CT molecular complexity index is 1300. The van der Waals surface area contributed by atoms with Gasteiger partial charge in [0.05, 0.1) is 7.11 Å². The van der Waals surface area contributed by atoms with Crippen molar-refractivity contribution in [3.63, 3.8) is 0 Å². The molecule has 0 aliphatic carbocycles. The van der Waals surface area contributed by atoms with Crippen molar-refractivity contribution in [1.82, 2.24) is 14.8 Å². The molecule has 4 aromatic rings. The number of ether oxygens (including phenoxy) is 1. The molecule has 7 nitrogen and oxygen atoms in total. The van der Waals surface area contributed by atoms with Crippen LogP contribution in [0, 0.1) is 0 Å². The Labute approximate surface area is 213 Å². The Morgan fingerprint density at radius 3 is 2.03 bits per heavy atom. The zero-order chi connectivity index (χ0) is 24.6. The predicted octanol–water partition coefficient (Wildman–Crippen LogP) is 6.17. The minimum atomic E-state index is -0.341. The first-order chi connectivity index (χ1) is 17.0. The van der Waals surface area contributed by atoms with Crippen molar-refractivity contribution < 1.29 is 9.53 Å². The van der Waals surface area contributed by atoms with Gasteiger partial charge in [-0.3, -0.25) is 4.79 Å². The lowest BCUT2D eigenvalue weighted by Gasteiger charge is -2.06. The fraction of sp³-hybridized carbons (Fsp3) is 0.115. The number of hydrogen-bond donors (Lipinski definition) is 2. The Morgan fingerprint density at radius 2 is 1.46 bits per heavy atom. The summed E-state index contributed by atoms with van der Waals surface area (Å²) in [5.74, 6) is 1.05. The number of allylic oxidation sites excluding steroid dienone is 1. The van der Waals surface area contributed by atoms with Gasteiger partial charge in [-0.25, -0.2) is 0 Å². The van der Waals surface area contributed by atoms with Crippen molar-refractivity contribution in [2.45, 2.75) is 13.1 Å². The monoisotopic (exact) mass is 507 g/mol. The van der Waals surface area contributed by atoms with Crippen molar-refractivity contribution >= 4 is 47.1 Å². The largest absolute Gasteiger partial charge is 0.497 e. The van der Waals surface area contributed by atoms with E-state index in [1.54, 1.807) is 13.2 Å². The number of carbonyl (C=O) groups excluding carboxylic acids is 1. The van der Waals surface area contributed by atoms with E-state index in [-0.39, 0.29) is 5.91 Å². The van der Waals surface area contributed by atoms with Gasteiger partial charge >= 0.3 is 0 Å². The summed E-state index contributed by atoms with van der Waals surface area (Å²) in [6.07, 6.45) is 3.17. The second kappa shape index (κ2) is 11.6. The van der Waals surface area contributed by atoms with E-state index in [0.29, 0.717) is 35.0 Å². The summed E-state index contributed by atoms with van der Waals surface area (Å²) in [4.78, 5) is 17.5. The molecule has 0 aliphatic heterocycles. The van der Waals surface area contributed by atoms with Crippen LogP contribution >= 0.6 is 23.2 Å². The third-order valence-corrected chi connectivity index (χ3v) is 5.58. The first kappa shape index (κ1) is 24.3. The van der Waals surface area contributed by atoms with Gasteiger partial charge in [0.25, 0.3) is 5.91 Å². The number of aromatic nitrogens is 3. The average molecular weight is 508 g/mol. The van der Waals surface area contributed by atoms with Crippen LogP contribution in [0.4, 0.5) is 11.9 Å². The molecule has 3 aromatic carbocycles. The third kappa shape index (κ3) is 6.85. The van der Waals surface area contributed by atoms with Gasteiger partial charge in [-0.05, 0) is 59.2 Å². The lowest BCUT2D eigenvalue weighted by molar-refractivity contribution is 0.0957. The summed E-state index contributed by atoms with van der Waals surface area (Å²) in [6, 6.07) is 22.3. The van der Waals surface area contributed by atoms with Crippen molar-refractivity contribution in [3.8, 4) is 5.75 Å². The minimum absolute atomic E-state index is 0.322. The first-order valence-corrected chi connectivity index (χ1v) is 11.6. The average Bonchev–Trinajstić information content (AvgIpc) is 3.30. The number of carbonyl (C=O) groups is 1. The fourth-order valence-electron chi connectivity index (χ4n) is 3.17. The van der Waals surface area contributed by atoms with Gasteiger partial charge in [0.2, 0.25) is 11.9 Å². The van der Waals surface area contributed by atoms with Crippen molar-refractivity contribution in [1.29, 1.82) is 0 Å². The molecule has 1 aromatic heterocycles. The van der Waals surface area contributed by atoms with E-state index in [2.05, 4.69) is 20.7 Å². The maximum atomic E-state index is 13.0. The summed E-state index contributed by atoms with van der Waals surface area (Å²) in [6.45, 7) is 0.926. The van der Waals surface area contributed by atoms with Crippen molar-refractivity contribution in [3.05, 3.63) is 106 Å². The van der Waals surface area contributed by atoms with E-state index in [1.807, 2.05) is 72.8 Å². The Morgan fingerprint density at radius 1 is 0.886 bits per heavy atom. The maximum Gasteiger partial charge on any atom is 0.274 e. The van der Waals surface area contributed by atoms with Crippen molar-refractivity contribution in [2.75, 3.05) is 17.7 Å². The Balaban J connectivity index is 1.51. The standard InChI is InChI=1S/C26H23Cl2N5O2/c1-35-23-13-6-18(7-14-23)8-15-24(34)33-26(30-17-20-4-11-22(28)12-5-20)31-25(32-33)29-16-19-2-9-21(27)10-3-19/h2-15H,16-17H2,1H3,(H2,29,30,31,32). The molecule has 1 heterocycles. The maximum absolute atomic E-state index is 13.0. The van der Waals surface area contributed by atoms with Gasteiger partial charge < -0.3 is 15.4 Å². The molecule has 0 unspecified atom stereocenters. The number of rotatable bonds is 9. The molecule has 4 rings (SSSR count). The van der Waals surface area contributed by atoms with E-state index in [9.17, 15) is 4.79 Å². The smallest absolute Gasteiger partial charge is 0.274 e. The van der Waals surface area contributed by atoms with Gasteiger partial charge in [-0.2, -0.15) is 9.67 Å². The van der Waals surface area contributed by atoms with E-state index in [0.717, 1.165) is 22.4 Å². The van der Waals surface area contributed by atoms with E-state index < -0.39 is 0 Å². The number of methoxy groups -OCH3 is 1. The van der Waals surface area contributed by atoms with Crippen LogP contribution in [0.5, 0.6) is 5.75 Å². The molecule has 0 saturated heterocycles. The highest BCUT2D eigenvalue weighted by molar-refractivity contribution is 6.30. The van der Waals surface area contributed by atoms with E-state index in [1.165, 1.54) is 10.8 Å². The number of nitrogens with one attached hydrogen (secondary N) is 2. The molecule has 35 heavy (non-hydrogen) atoms. The second-order valence-electron chi connectivity index (χ2n) is 7.58. The van der Waals surface area contributed by atoms with Crippen LogP contribution in [-0.4, -0.2) is 27.8 Å². The molecule has 0 atom stereocenters. The topological polar surface area (TPSA) is 81.1 Å². The van der Waals surface area contributed by atoms with Gasteiger partial charge in [0.15, 0.2) is 0 Å². The highest BCUT2D eigenvalue weighted by Crippen LogP contribution is 2.16. The molecular weight excluding hydrogens is 485 g/mol. The molecule has 0 saturated carbocycles. The molecule has 2 N–H and O–H groups in total. The highest BCUT2D eigenvalue weighted by atomic mass is 35.5. The molecular formula is C26H23Cl2N5O2. The Hall–Kier alpha value is -3.81. The number of nitrogens with zero attached hydrogens (tertiary/aromatic N) is 3. The molecule has 0 fully saturated rings. The van der Waals surface area contributed by atoms with Crippen LogP contribution < -0.4 is 15.4 Å². The number of benzene rings is 3. The molecule has 0 amide bonds. The van der Waals surface area contributed by atoms with Gasteiger partial charge in [-0.15, -0.1) is 5.10 Å². The normalized spacial score (nSPS) is 10.9. The molecule has 0 aliphatic rings. The van der Waals surface area contributed by atoms with E-state index >= 15 is 0 Å². The first-order valence-electron chi connectivity index (χ1n) is 10.8. The number of anilines is 2.